The van der Waals surface area contributed by atoms with E-state index in [1.165, 1.54) is 30.4 Å². The van der Waals surface area contributed by atoms with Crippen LogP contribution in [0.15, 0.2) is 30.5 Å². The summed E-state index contributed by atoms with van der Waals surface area (Å²) >= 11 is 0. The number of unbranched alkanes of at least 4 members (excludes halogenated alkanes) is 2. The van der Waals surface area contributed by atoms with Crippen molar-refractivity contribution in [2.45, 2.75) is 38.7 Å². The van der Waals surface area contributed by atoms with E-state index in [-0.39, 0.29) is 6.10 Å². The Morgan fingerprint density at radius 3 is 2.93 bits per heavy atom. The Balaban J connectivity index is 2.05. The number of fused-ring (bicyclic) bond motifs is 1. The molecule has 2 rings (SSSR count). The molecule has 0 fully saturated rings. The van der Waals surface area contributed by atoms with E-state index in [0.29, 0.717) is 0 Å². The lowest BCUT2D eigenvalue weighted by molar-refractivity contribution is 0.132. The fourth-order valence-corrected chi connectivity index (χ4v) is 2.04. The molecular weight excluding hydrogens is 184 g/mol. The molecule has 80 valence electrons. The van der Waals surface area contributed by atoms with E-state index >= 15 is 0 Å². The molecule has 1 aliphatic heterocycles. The first kappa shape index (κ1) is 10.3. The molecule has 0 aromatic heterocycles. The molecule has 0 aliphatic carbocycles. The largest absolute Gasteiger partial charge is 0.493 e. The van der Waals surface area contributed by atoms with Crippen LogP contribution in [0.4, 0.5) is 0 Å². The van der Waals surface area contributed by atoms with Gasteiger partial charge in [-0.1, -0.05) is 44.0 Å². The first-order valence-corrected chi connectivity index (χ1v) is 5.82. The van der Waals surface area contributed by atoms with Crippen LogP contribution in [0, 0.1) is 0 Å². The van der Waals surface area contributed by atoms with Gasteiger partial charge in [0.15, 0.2) is 0 Å². The molecule has 0 bridgehead atoms. The fraction of sp³-hybridized carbons (Fsp3) is 0.429. The summed E-state index contributed by atoms with van der Waals surface area (Å²) < 4.78 is 5.67. The van der Waals surface area contributed by atoms with Gasteiger partial charge in [0.2, 0.25) is 0 Å². The van der Waals surface area contributed by atoms with Gasteiger partial charge in [-0.15, -0.1) is 0 Å². The maximum atomic E-state index is 5.67. The minimum Gasteiger partial charge on any atom is -0.493 e. The summed E-state index contributed by atoms with van der Waals surface area (Å²) in [5.41, 5.74) is 2.65. The van der Waals surface area contributed by atoms with E-state index in [1.807, 2.05) is 12.3 Å². The average molecular weight is 202 g/mol. The quantitative estimate of drug-likeness (QED) is 0.661. The molecule has 0 amide bonds. The van der Waals surface area contributed by atoms with Gasteiger partial charge in [0, 0.05) is 0 Å². The predicted molar refractivity (Wildman–Crippen MR) is 63.4 cm³/mol. The maximum Gasteiger partial charge on any atom is 0.123 e. The Bertz CT molecular complexity index is 341. The molecule has 1 nitrogen and oxygen atoms in total. The minimum absolute atomic E-state index is 0.276. The normalized spacial score (nSPS) is 18.3. The molecule has 0 N–H and O–H groups in total. The molecule has 0 spiro atoms. The molecule has 0 saturated heterocycles. The lowest BCUT2D eigenvalue weighted by Crippen LogP contribution is -2.06. The standard InChI is InChI=1S/C14H18O/c1-2-3-4-9-14-13-8-6-5-7-12(13)10-11-15-14/h5-8,10-11,14H,2-4,9H2,1H3. The van der Waals surface area contributed by atoms with Crippen molar-refractivity contribution in [2.24, 2.45) is 0 Å². The van der Waals surface area contributed by atoms with Crippen LogP contribution in [0.5, 0.6) is 0 Å². The first-order valence-electron chi connectivity index (χ1n) is 5.82. The summed E-state index contributed by atoms with van der Waals surface area (Å²) in [6.07, 6.45) is 9.11. The van der Waals surface area contributed by atoms with E-state index in [1.54, 1.807) is 0 Å². The molecule has 1 aromatic rings. The van der Waals surface area contributed by atoms with E-state index < -0.39 is 0 Å². The second-order valence-corrected chi connectivity index (χ2v) is 4.05. The van der Waals surface area contributed by atoms with Crippen LogP contribution in [0.25, 0.3) is 6.08 Å². The molecule has 0 saturated carbocycles. The van der Waals surface area contributed by atoms with Gasteiger partial charge in [-0.3, -0.25) is 0 Å². The molecule has 1 unspecified atom stereocenters. The molecule has 1 heterocycles. The second-order valence-electron chi connectivity index (χ2n) is 4.05. The van der Waals surface area contributed by atoms with Crippen molar-refractivity contribution < 1.29 is 4.74 Å². The summed E-state index contributed by atoms with van der Waals surface area (Å²) in [6.45, 7) is 2.23. The molecule has 15 heavy (non-hydrogen) atoms. The lowest BCUT2D eigenvalue weighted by Gasteiger charge is -2.22. The average Bonchev–Trinajstić information content (AvgIpc) is 2.30. The first-order chi connectivity index (χ1) is 7.42. The van der Waals surface area contributed by atoms with Crippen LogP contribution in [0.3, 0.4) is 0 Å². The summed E-state index contributed by atoms with van der Waals surface area (Å²) in [4.78, 5) is 0. The van der Waals surface area contributed by atoms with Crippen molar-refractivity contribution in [1.82, 2.24) is 0 Å². The van der Waals surface area contributed by atoms with Gasteiger partial charge in [-0.25, -0.2) is 0 Å². The van der Waals surface area contributed by atoms with Crippen molar-refractivity contribution in [3.05, 3.63) is 41.7 Å². The third kappa shape index (κ3) is 2.41. The Hall–Kier alpha value is -1.24. The molecule has 1 aliphatic rings. The number of hydrogen-bond donors (Lipinski definition) is 0. The van der Waals surface area contributed by atoms with Gasteiger partial charge in [-0.05, 0) is 30.0 Å². The summed E-state index contributed by atoms with van der Waals surface area (Å²) in [5, 5.41) is 0. The highest BCUT2D eigenvalue weighted by atomic mass is 16.5. The van der Waals surface area contributed by atoms with Crippen LogP contribution < -0.4 is 0 Å². The third-order valence-electron chi connectivity index (χ3n) is 2.90. The Labute approximate surface area is 91.8 Å². The molecule has 0 radical (unpaired) electrons. The van der Waals surface area contributed by atoms with Crippen molar-refractivity contribution in [2.75, 3.05) is 0 Å². The monoisotopic (exact) mass is 202 g/mol. The van der Waals surface area contributed by atoms with Gasteiger partial charge >= 0.3 is 0 Å². The summed E-state index contributed by atoms with van der Waals surface area (Å²) in [5.74, 6) is 0. The fourth-order valence-electron chi connectivity index (χ4n) is 2.04. The summed E-state index contributed by atoms with van der Waals surface area (Å²) in [7, 11) is 0. The van der Waals surface area contributed by atoms with Crippen LogP contribution in [0.2, 0.25) is 0 Å². The number of benzene rings is 1. The van der Waals surface area contributed by atoms with E-state index in [4.69, 9.17) is 4.74 Å². The smallest absolute Gasteiger partial charge is 0.123 e. The zero-order chi connectivity index (χ0) is 10.5. The molecule has 1 aromatic carbocycles. The number of rotatable bonds is 4. The zero-order valence-corrected chi connectivity index (χ0v) is 9.28. The highest BCUT2D eigenvalue weighted by Crippen LogP contribution is 2.31. The van der Waals surface area contributed by atoms with Gasteiger partial charge in [-0.2, -0.15) is 0 Å². The Kier molecular flexibility index (Phi) is 3.44. The SMILES string of the molecule is CCCCCC1OC=Cc2ccccc21. The van der Waals surface area contributed by atoms with E-state index in [2.05, 4.69) is 31.2 Å². The summed E-state index contributed by atoms with van der Waals surface area (Å²) in [6, 6.07) is 8.50. The third-order valence-corrected chi connectivity index (χ3v) is 2.90. The van der Waals surface area contributed by atoms with Crippen molar-refractivity contribution in [3.63, 3.8) is 0 Å². The Morgan fingerprint density at radius 2 is 2.07 bits per heavy atom. The predicted octanol–water partition coefficient (Wildman–Crippen LogP) is 4.31. The maximum absolute atomic E-state index is 5.67. The van der Waals surface area contributed by atoms with Gasteiger partial charge in [0.25, 0.3) is 0 Å². The molecule has 1 heteroatoms. The van der Waals surface area contributed by atoms with Crippen molar-refractivity contribution in [3.8, 4) is 0 Å². The van der Waals surface area contributed by atoms with Gasteiger partial charge in [0.1, 0.15) is 6.10 Å². The van der Waals surface area contributed by atoms with Crippen molar-refractivity contribution >= 4 is 6.08 Å². The molecule has 1 atom stereocenters. The topological polar surface area (TPSA) is 9.23 Å². The highest BCUT2D eigenvalue weighted by Gasteiger charge is 2.16. The van der Waals surface area contributed by atoms with Crippen LogP contribution in [0.1, 0.15) is 49.8 Å². The van der Waals surface area contributed by atoms with Crippen LogP contribution in [-0.4, -0.2) is 0 Å². The lowest BCUT2D eigenvalue weighted by atomic mass is 9.97. The number of hydrogen-bond acceptors (Lipinski definition) is 1. The minimum atomic E-state index is 0.276. The molecular formula is C14H18O. The second kappa shape index (κ2) is 5.01. The highest BCUT2D eigenvalue weighted by molar-refractivity contribution is 5.55. The Morgan fingerprint density at radius 1 is 1.20 bits per heavy atom. The zero-order valence-electron chi connectivity index (χ0n) is 9.28. The van der Waals surface area contributed by atoms with Crippen LogP contribution in [-0.2, 0) is 4.74 Å². The van der Waals surface area contributed by atoms with E-state index in [9.17, 15) is 0 Å². The van der Waals surface area contributed by atoms with Crippen LogP contribution >= 0.6 is 0 Å². The van der Waals surface area contributed by atoms with Gasteiger partial charge < -0.3 is 4.74 Å². The van der Waals surface area contributed by atoms with Crippen molar-refractivity contribution in [1.29, 1.82) is 0 Å². The van der Waals surface area contributed by atoms with Gasteiger partial charge in [0.05, 0.1) is 6.26 Å². The van der Waals surface area contributed by atoms with E-state index in [0.717, 1.165) is 6.42 Å². The number of ether oxygens (including phenoxy) is 1.